The first-order chi connectivity index (χ1) is 8.76. The Bertz CT molecular complexity index is 484. The molecule has 2 rings (SSSR count). The molecule has 1 aromatic heterocycles. The van der Waals surface area contributed by atoms with Crippen LogP contribution in [0.15, 0.2) is 18.3 Å². The minimum Gasteiger partial charge on any atom is -0.465 e. The van der Waals surface area contributed by atoms with E-state index in [-0.39, 0.29) is 0 Å². The molecule has 94 valence electrons. The highest BCUT2D eigenvalue weighted by atomic mass is 16.5. The average Bonchev–Trinajstić information content (AvgIpc) is 2.46. The first-order valence-electron chi connectivity index (χ1n) is 5.55. The van der Waals surface area contributed by atoms with Crippen LogP contribution >= 0.6 is 0 Å². The number of pyridine rings is 1. The van der Waals surface area contributed by atoms with E-state index in [1.165, 1.54) is 7.11 Å². The SMILES string of the molecule is COC(=O)c1cccnc1N1CCOC(C#N)C1. The van der Waals surface area contributed by atoms with Gasteiger partial charge in [-0.3, -0.25) is 0 Å². The molecule has 0 spiro atoms. The number of hydrogen-bond donors (Lipinski definition) is 0. The highest BCUT2D eigenvalue weighted by Crippen LogP contribution is 2.20. The highest BCUT2D eigenvalue weighted by Gasteiger charge is 2.24. The zero-order valence-corrected chi connectivity index (χ0v) is 10.00. The van der Waals surface area contributed by atoms with Crippen LogP contribution in [0.3, 0.4) is 0 Å². The molecule has 6 heteroatoms. The van der Waals surface area contributed by atoms with E-state index in [2.05, 4.69) is 11.1 Å². The zero-order chi connectivity index (χ0) is 13.0. The Morgan fingerprint density at radius 1 is 1.72 bits per heavy atom. The van der Waals surface area contributed by atoms with Crippen molar-refractivity contribution in [1.82, 2.24) is 4.98 Å². The molecule has 1 aliphatic heterocycles. The summed E-state index contributed by atoms with van der Waals surface area (Å²) in [6.45, 7) is 1.44. The number of carbonyl (C=O) groups is 1. The van der Waals surface area contributed by atoms with E-state index in [4.69, 9.17) is 14.7 Å². The number of nitriles is 1. The van der Waals surface area contributed by atoms with Gasteiger partial charge in [-0.25, -0.2) is 9.78 Å². The molecule has 0 bridgehead atoms. The van der Waals surface area contributed by atoms with Gasteiger partial charge in [0.25, 0.3) is 0 Å². The fourth-order valence-electron chi connectivity index (χ4n) is 1.84. The average molecular weight is 247 g/mol. The van der Waals surface area contributed by atoms with Crippen LogP contribution in [0, 0.1) is 11.3 Å². The lowest BCUT2D eigenvalue weighted by Gasteiger charge is -2.31. The molecule has 0 amide bonds. The van der Waals surface area contributed by atoms with Crippen molar-refractivity contribution in [2.24, 2.45) is 0 Å². The van der Waals surface area contributed by atoms with Gasteiger partial charge >= 0.3 is 5.97 Å². The molecule has 18 heavy (non-hydrogen) atoms. The molecule has 0 aromatic carbocycles. The summed E-state index contributed by atoms with van der Waals surface area (Å²) in [6.07, 6.45) is 1.12. The van der Waals surface area contributed by atoms with Crippen LogP contribution < -0.4 is 4.90 Å². The van der Waals surface area contributed by atoms with Crippen LogP contribution in [-0.2, 0) is 9.47 Å². The third-order valence-electron chi connectivity index (χ3n) is 2.70. The smallest absolute Gasteiger partial charge is 0.341 e. The normalized spacial score (nSPS) is 19.1. The molecule has 0 radical (unpaired) electrons. The van der Waals surface area contributed by atoms with Crippen molar-refractivity contribution >= 4 is 11.8 Å². The Morgan fingerprint density at radius 2 is 2.56 bits per heavy atom. The Kier molecular flexibility index (Phi) is 3.75. The number of aromatic nitrogens is 1. The van der Waals surface area contributed by atoms with Crippen LogP contribution in [0.5, 0.6) is 0 Å². The van der Waals surface area contributed by atoms with Gasteiger partial charge in [-0.1, -0.05) is 0 Å². The summed E-state index contributed by atoms with van der Waals surface area (Å²) in [7, 11) is 1.33. The molecule has 1 aromatic rings. The molecule has 1 atom stereocenters. The van der Waals surface area contributed by atoms with Crippen molar-refractivity contribution in [2.45, 2.75) is 6.10 Å². The van der Waals surface area contributed by atoms with Crippen LogP contribution in [0.25, 0.3) is 0 Å². The second kappa shape index (κ2) is 5.47. The maximum Gasteiger partial charge on any atom is 0.341 e. The number of rotatable bonds is 2. The molecule has 0 aliphatic carbocycles. The van der Waals surface area contributed by atoms with Crippen LogP contribution in [0.4, 0.5) is 5.82 Å². The fraction of sp³-hybridized carbons (Fsp3) is 0.417. The molecule has 0 saturated carbocycles. The third-order valence-corrected chi connectivity index (χ3v) is 2.70. The Hall–Kier alpha value is -2.13. The largest absolute Gasteiger partial charge is 0.465 e. The van der Waals surface area contributed by atoms with E-state index in [0.717, 1.165) is 0 Å². The van der Waals surface area contributed by atoms with E-state index in [1.54, 1.807) is 18.3 Å². The molecule has 1 unspecified atom stereocenters. The van der Waals surface area contributed by atoms with Gasteiger partial charge in [0.2, 0.25) is 0 Å². The van der Waals surface area contributed by atoms with Crippen molar-refractivity contribution in [3.8, 4) is 6.07 Å². The molecule has 1 fully saturated rings. The summed E-state index contributed by atoms with van der Waals surface area (Å²) < 4.78 is 9.98. The molecular weight excluding hydrogens is 234 g/mol. The highest BCUT2D eigenvalue weighted by molar-refractivity contribution is 5.94. The first kappa shape index (κ1) is 12.3. The topological polar surface area (TPSA) is 75.4 Å². The lowest BCUT2D eigenvalue weighted by molar-refractivity contribution is 0.0596. The molecule has 0 N–H and O–H groups in total. The number of ether oxygens (including phenoxy) is 2. The molecular formula is C12H13N3O3. The number of nitrogens with zero attached hydrogens (tertiary/aromatic N) is 3. The van der Waals surface area contributed by atoms with Gasteiger partial charge in [-0.2, -0.15) is 5.26 Å². The van der Waals surface area contributed by atoms with E-state index in [0.29, 0.717) is 31.1 Å². The van der Waals surface area contributed by atoms with E-state index in [1.807, 2.05) is 4.90 Å². The first-order valence-corrected chi connectivity index (χ1v) is 5.55. The Balaban J connectivity index is 2.27. The summed E-state index contributed by atoms with van der Waals surface area (Å²) in [6, 6.07) is 5.39. The number of hydrogen-bond acceptors (Lipinski definition) is 6. The lowest BCUT2D eigenvalue weighted by Crippen LogP contribution is -2.42. The van der Waals surface area contributed by atoms with Gasteiger partial charge in [-0.15, -0.1) is 0 Å². The quantitative estimate of drug-likeness (QED) is 0.712. The minimum atomic E-state index is -0.494. The Labute approximate surface area is 105 Å². The second-order valence-electron chi connectivity index (χ2n) is 3.80. The van der Waals surface area contributed by atoms with Crippen molar-refractivity contribution in [1.29, 1.82) is 5.26 Å². The van der Waals surface area contributed by atoms with E-state index < -0.39 is 12.1 Å². The number of morpholine rings is 1. The van der Waals surface area contributed by atoms with Crippen molar-refractivity contribution < 1.29 is 14.3 Å². The van der Waals surface area contributed by atoms with Gasteiger partial charge < -0.3 is 14.4 Å². The van der Waals surface area contributed by atoms with Gasteiger partial charge in [0.1, 0.15) is 11.4 Å². The monoisotopic (exact) mass is 247 g/mol. The lowest BCUT2D eigenvalue weighted by atomic mass is 10.2. The summed E-state index contributed by atoms with van der Waals surface area (Å²) >= 11 is 0. The van der Waals surface area contributed by atoms with Gasteiger partial charge in [0.15, 0.2) is 6.10 Å². The van der Waals surface area contributed by atoms with Gasteiger partial charge in [0.05, 0.1) is 26.3 Å². The number of methoxy groups -OCH3 is 1. The molecule has 1 aliphatic rings. The van der Waals surface area contributed by atoms with Crippen molar-refractivity contribution in [2.75, 3.05) is 31.7 Å². The summed E-state index contributed by atoms with van der Waals surface area (Å²) in [5.74, 6) is 0.103. The van der Waals surface area contributed by atoms with Crippen LogP contribution in [-0.4, -0.2) is 43.9 Å². The number of carbonyl (C=O) groups excluding carboxylic acids is 1. The molecule has 2 heterocycles. The predicted molar refractivity (Wildman–Crippen MR) is 63.1 cm³/mol. The van der Waals surface area contributed by atoms with Crippen molar-refractivity contribution in [3.63, 3.8) is 0 Å². The maximum absolute atomic E-state index is 11.6. The Morgan fingerprint density at radius 3 is 3.28 bits per heavy atom. The van der Waals surface area contributed by atoms with Crippen LogP contribution in [0.2, 0.25) is 0 Å². The maximum atomic E-state index is 11.6. The van der Waals surface area contributed by atoms with Crippen molar-refractivity contribution in [3.05, 3.63) is 23.9 Å². The third kappa shape index (κ3) is 2.41. The molecule has 1 saturated heterocycles. The van der Waals surface area contributed by atoms with Gasteiger partial charge in [0, 0.05) is 12.7 Å². The summed E-state index contributed by atoms with van der Waals surface area (Å²) in [5.41, 5.74) is 0.401. The van der Waals surface area contributed by atoms with E-state index >= 15 is 0 Å². The second-order valence-corrected chi connectivity index (χ2v) is 3.80. The number of anilines is 1. The van der Waals surface area contributed by atoms with Crippen LogP contribution in [0.1, 0.15) is 10.4 Å². The van der Waals surface area contributed by atoms with E-state index in [9.17, 15) is 4.79 Å². The fourth-order valence-corrected chi connectivity index (χ4v) is 1.84. The van der Waals surface area contributed by atoms with Gasteiger partial charge in [-0.05, 0) is 12.1 Å². The standard InChI is InChI=1S/C12H13N3O3/c1-17-12(16)10-3-2-4-14-11(10)15-5-6-18-9(7-13)8-15/h2-4,9H,5-6,8H2,1H3. The summed E-state index contributed by atoms with van der Waals surface area (Å²) in [5, 5.41) is 8.87. The minimum absolute atomic E-state index is 0.400. The number of esters is 1. The summed E-state index contributed by atoms with van der Waals surface area (Å²) in [4.78, 5) is 17.7. The predicted octanol–water partition coefficient (Wildman–Crippen LogP) is 0.597. The zero-order valence-electron chi connectivity index (χ0n) is 10.00. The molecule has 6 nitrogen and oxygen atoms in total.